The standard InChI is InChI=1S/C14H22N2O/c1-11-4-5-14(17-3)13(8-11)16-7-6-12(10-16)9-15-2/h4-5,8,12,15H,6-7,9-10H2,1-3H3. The van der Waals surface area contributed by atoms with Gasteiger partial charge in [0.2, 0.25) is 0 Å². The van der Waals surface area contributed by atoms with E-state index in [1.807, 2.05) is 7.05 Å². The SMILES string of the molecule is CNCC1CCN(c2cc(C)ccc2OC)C1. The Morgan fingerprint density at radius 3 is 3.00 bits per heavy atom. The number of hydrogen-bond acceptors (Lipinski definition) is 3. The summed E-state index contributed by atoms with van der Waals surface area (Å²) in [5.74, 6) is 1.74. The highest BCUT2D eigenvalue weighted by Crippen LogP contribution is 2.32. The zero-order valence-electron chi connectivity index (χ0n) is 11.0. The minimum Gasteiger partial charge on any atom is -0.495 e. The highest BCUT2D eigenvalue weighted by molar-refractivity contribution is 5.60. The van der Waals surface area contributed by atoms with Crippen molar-refractivity contribution in [2.24, 2.45) is 5.92 Å². The monoisotopic (exact) mass is 234 g/mol. The zero-order valence-corrected chi connectivity index (χ0v) is 11.0. The molecule has 1 heterocycles. The predicted molar refractivity (Wildman–Crippen MR) is 72.0 cm³/mol. The summed E-state index contributed by atoms with van der Waals surface area (Å²) in [5, 5.41) is 3.26. The van der Waals surface area contributed by atoms with Crippen molar-refractivity contribution >= 4 is 5.69 Å². The topological polar surface area (TPSA) is 24.5 Å². The molecule has 1 atom stereocenters. The molecule has 0 spiro atoms. The number of anilines is 1. The van der Waals surface area contributed by atoms with Gasteiger partial charge in [0.1, 0.15) is 5.75 Å². The average molecular weight is 234 g/mol. The van der Waals surface area contributed by atoms with Gasteiger partial charge in [0.15, 0.2) is 0 Å². The van der Waals surface area contributed by atoms with Crippen LogP contribution in [0.2, 0.25) is 0 Å². The Hall–Kier alpha value is -1.22. The van der Waals surface area contributed by atoms with E-state index in [1.54, 1.807) is 7.11 Å². The number of aryl methyl sites for hydroxylation is 1. The lowest BCUT2D eigenvalue weighted by atomic mass is 10.1. The summed E-state index contributed by atoms with van der Waals surface area (Å²) in [6, 6.07) is 6.39. The minimum atomic E-state index is 0.755. The summed E-state index contributed by atoms with van der Waals surface area (Å²) in [4.78, 5) is 2.44. The normalized spacial score (nSPS) is 19.7. The summed E-state index contributed by atoms with van der Waals surface area (Å²) in [5.41, 5.74) is 2.53. The molecule has 17 heavy (non-hydrogen) atoms. The third kappa shape index (κ3) is 2.72. The molecule has 0 amide bonds. The maximum atomic E-state index is 5.45. The largest absolute Gasteiger partial charge is 0.495 e. The number of nitrogens with one attached hydrogen (secondary N) is 1. The minimum absolute atomic E-state index is 0.755. The first-order valence-corrected chi connectivity index (χ1v) is 6.28. The molecule has 0 aromatic heterocycles. The van der Waals surface area contributed by atoms with Crippen LogP contribution in [-0.4, -0.2) is 33.8 Å². The van der Waals surface area contributed by atoms with Crippen LogP contribution in [0.25, 0.3) is 0 Å². The first-order chi connectivity index (χ1) is 8.24. The van der Waals surface area contributed by atoms with Gasteiger partial charge in [-0.05, 0) is 50.6 Å². The van der Waals surface area contributed by atoms with Gasteiger partial charge in [-0.25, -0.2) is 0 Å². The lowest BCUT2D eigenvalue weighted by molar-refractivity contribution is 0.414. The fraction of sp³-hybridized carbons (Fsp3) is 0.571. The maximum Gasteiger partial charge on any atom is 0.142 e. The molecular weight excluding hydrogens is 212 g/mol. The molecule has 0 bridgehead atoms. The second-order valence-electron chi connectivity index (χ2n) is 4.83. The maximum absolute atomic E-state index is 5.45. The third-order valence-electron chi connectivity index (χ3n) is 3.45. The van der Waals surface area contributed by atoms with Crippen molar-refractivity contribution in [3.05, 3.63) is 23.8 Å². The molecule has 1 saturated heterocycles. The van der Waals surface area contributed by atoms with Crippen LogP contribution in [0.1, 0.15) is 12.0 Å². The Morgan fingerprint density at radius 1 is 1.47 bits per heavy atom. The Bertz CT molecular complexity index is 378. The molecule has 3 heteroatoms. The van der Waals surface area contributed by atoms with E-state index in [-0.39, 0.29) is 0 Å². The van der Waals surface area contributed by atoms with Crippen LogP contribution in [0, 0.1) is 12.8 Å². The van der Waals surface area contributed by atoms with E-state index in [1.165, 1.54) is 17.7 Å². The molecule has 3 nitrogen and oxygen atoms in total. The number of hydrogen-bond donors (Lipinski definition) is 1. The molecule has 0 saturated carbocycles. The number of ether oxygens (including phenoxy) is 1. The zero-order chi connectivity index (χ0) is 12.3. The van der Waals surface area contributed by atoms with E-state index in [4.69, 9.17) is 4.74 Å². The van der Waals surface area contributed by atoms with Gasteiger partial charge in [-0.2, -0.15) is 0 Å². The molecule has 1 aliphatic rings. The van der Waals surface area contributed by atoms with Gasteiger partial charge < -0.3 is 15.0 Å². The van der Waals surface area contributed by atoms with Gasteiger partial charge in [0, 0.05) is 13.1 Å². The van der Waals surface area contributed by atoms with Gasteiger partial charge in [0.25, 0.3) is 0 Å². The molecule has 0 radical (unpaired) electrons. The van der Waals surface area contributed by atoms with Crippen LogP contribution in [0.15, 0.2) is 18.2 Å². The van der Waals surface area contributed by atoms with E-state index >= 15 is 0 Å². The summed E-state index contributed by atoms with van der Waals surface area (Å²) in [7, 11) is 3.77. The molecule has 1 aromatic rings. The smallest absolute Gasteiger partial charge is 0.142 e. The van der Waals surface area contributed by atoms with E-state index in [9.17, 15) is 0 Å². The fourth-order valence-electron chi connectivity index (χ4n) is 2.55. The molecular formula is C14H22N2O. The van der Waals surface area contributed by atoms with Crippen LogP contribution in [0.3, 0.4) is 0 Å². The molecule has 1 aliphatic heterocycles. The molecule has 94 valence electrons. The van der Waals surface area contributed by atoms with E-state index in [0.717, 1.165) is 31.3 Å². The average Bonchev–Trinajstić information content (AvgIpc) is 2.78. The molecule has 0 aliphatic carbocycles. The van der Waals surface area contributed by atoms with E-state index in [0.29, 0.717) is 0 Å². The van der Waals surface area contributed by atoms with Gasteiger partial charge in [-0.1, -0.05) is 6.07 Å². The molecule has 1 aromatic carbocycles. The van der Waals surface area contributed by atoms with Crippen LogP contribution >= 0.6 is 0 Å². The van der Waals surface area contributed by atoms with E-state index in [2.05, 4.69) is 35.3 Å². The molecule has 1 N–H and O–H groups in total. The Labute approximate surface area is 104 Å². The Morgan fingerprint density at radius 2 is 2.29 bits per heavy atom. The van der Waals surface area contributed by atoms with Crippen molar-refractivity contribution in [2.45, 2.75) is 13.3 Å². The van der Waals surface area contributed by atoms with Crippen molar-refractivity contribution < 1.29 is 4.74 Å². The third-order valence-corrected chi connectivity index (χ3v) is 3.45. The van der Waals surface area contributed by atoms with Gasteiger partial charge >= 0.3 is 0 Å². The second kappa shape index (κ2) is 5.41. The Kier molecular flexibility index (Phi) is 3.89. The van der Waals surface area contributed by atoms with Crippen molar-refractivity contribution in [1.29, 1.82) is 0 Å². The highest BCUT2D eigenvalue weighted by atomic mass is 16.5. The summed E-state index contributed by atoms with van der Waals surface area (Å²) in [6.07, 6.45) is 1.26. The molecule has 1 fully saturated rings. The second-order valence-corrected chi connectivity index (χ2v) is 4.83. The highest BCUT2D eigenvalue weighted by Gasteiger charge is 2.24. The van der Waals surface area contributed by atoms with Crippen molar-refractivity contribution in [3.8, 4) is 5.75 Å². The predicted octanol–water partition coefficient (Wildman–Crippen LogP) is 2.05. The summed E-state index contributed by atoms with van der Waals surface area (Å²) >= 11 is 0. The van der Waals surface area contributed by atoms with Gasteiger partial charge in [0.05, 0.1) is 12.8 Å². The first-order valence-electron chi connectivity index (χ1n) is 6.28. The van der Waals surface area contributed by atoms with Gasteiger partial charge in [-0.3, -0.25) is 0 Å². The van der Waals surface area contributed by atoms with Crippen LogP contribution < -0.4 is 15.0 Å². The number of methoxy groups -OCH3 is 1. The van der Waals surface area contributed by atoms with Gasteiger partial charge in [-0.15, -0.1) is 0 Å². The molecule has 2 rings (SSSR count). The van der Waals surface area contributed by atoms with Crippen molar-refractivity contribution in [3.63, 3.8) is 0 Å². The lowest BCUT2D eigenvalue weighted by Crippen LogP contribution is -2.24. The molecule has 1 unspecified atom stereocenters. The quantitative estimate of drug-likeness (QED) is 0.863. The summed E-state index contributed by atoms with van der Waals surface area (Å²) in [6.45, 7) is 5.49. The fourth-order valence-corrected chi connectivity index (χ4v) is 2.55. The summed E-state index contributed by atoms with van der Waals surface area (Å²) < 4.78 is 5.45. The van der Waals surface area contributed by atoms with E-state index < -0.39 is 0 Å². The van der Waals surface area contributed by atoms with Crippen LogP contribution in [-0.2, 0) is 0 Å². The number of rotatable bonds is 4. The van der Waals surface area contributed by atoms with Crippen LogP contribution in [0.4, 0.5) is 5.69 Å². The number of benzene rings is 1. The first kappa shape index (κ1) is 12.2. The van der Waals surface area contributed by atoms with Crippen LogP contribution in [0.5, 0.6) is 5.75 Å². The van der Waals surface area contributed by atoms with Crippen molar-refractivity contribution in [1.82, 2.24) is 5.32 Å². The number of nitrogens with zero attached hydrogens (tertiary/aromatic N) is 1. The lowest BCUT2D eigenvalue weighted by Gasteiger charge is -2.22. The Balaban J connectivity index is 2.14. The van der Waals surface area contributed by atoms with Crippen molar-refractivity contribution in [2.75, 3.05) is 38.7 Å².